The average molecular weight is 292 g/mol. The number of morpholine rings is 1. The molecule has 2 fully saturated rings. The quantitative estimate of drug-likeness (QED) is 0.821. The Morgan fingerprint density at radius 3 is 2.47 bits per heavy atom. The summed E-state index contributed by atoms with van der Waals surface area (Å²) in [5, 5.41) is 0. The molecule has 2 aliphatic heterocycles. The van der Waals surface area contributed by atoms with Gasteiger partial charge in [-0.15, -0.1) is 12.4 Å². The zero-order valence-electron chi connectivity index (χ0n) is 11.6. The van der Waals surface area contributed by atoms with Crippen molar-refractivity contribution in [2.45, 2.75) is 31.8 Å². The Kier molecular flexibility index (Phi) is 7.68. The number of carbonyl (C=O) groups is 1. The molecule has 1 atom stereocenters. The van der Waals surface area contributed by atoms with Crippen LogP contribution in [0.25, 0.3) is 0 Å². The van der Waals surface area contributed by atoms with Crippen LogP contribution >= 0.6 is 12.4 Å². The Hall–Kier alpha value is -0.360. The van der Waals surface area contributed by atoms with Gasteiger partial charge in [-0.3, -0.25) is 9.69 Å². The predicted octanol–water partition coefficient (Wildman–Crippen LogP) is 0.470. The molecule has 112 valence electrons. The molecule has 0 saturated carbocycles. The van der Waals surface area contributed by atoms with Gasteiger partial charge in [0.1, 0.15) is 0 Å². The summed E-state index contributed by atoms with van der Waals surface area (Å²) in [4.78, 5) is 16.4. The highest BCUT2D eigenvalue weighted by Gasteiger charge is 2.23. The lowest BCUT2D eigenvalue weighted by Crippen LogP contribution is -2.49. The van der Waals surface area contributed by atoms with E-state index in [1.807, 2.05) is 4.90 Å². The molecule has 0 aliphatic carbocycles. The van der Waals surface area contributed by atoms with Gasteiger partial charge < -0.3 is 15.4 Å². The van der Waals surface area contributed by atoms with E-state index in [0.29, 0.717) is 19.7 Å². The highest BCUT2D eigenvalue weighted by Crippen LogP contribution is 2.11. The largest absolute Gasteiger partial charge is 0.374 e. The Labute approximate surface area is 121 Å². The summed E-state index contributed by atoms with van der Waals surface area (Å²) in [6, 6.07) is 0. The van der Waals surface area contributed by atoms with Crippen LogP contribution in [0.5, 0.6) is 0 Å². The van der Waals surface area contributed by atoms with Crippen molar-refractivity contribution in [3.63, 3.8) is 0 Å². The summed E-state index contributed by atoms with van der Waals surface area (Å²) in [6.07, 6.45) is 4.92. The van der Waals surface area contributed by atoms with Crippen LogP contribution in [-0.2, 0) is 9.53 Å². The van der Waals surface area contributed by atoms with Crippen LogP contribution in [0, 0.1) is 0 Å². The molecule has 2 N–H and O–H groups in total. The highest BCUT2D eigenvalue weighted by atomic mass is 35.5. The summed E-state index contributed by atoms with van der Waals surface area (Å²) in [7, 11) is 0. The van der Waals surface area contributed by atoms with E-state index in [-0.39, 0.29) is 24.4 Å². The van der Waals surface area contributed by atoms with Crippen LogP contribution in [0.2, 0.25) is 0 Å². The SMILES string of the molecule is Cl.NCC1CN(CC(=O)N2CCCCCC2)CCO1. The van der Waals surface area contributed by atoms with Crippen LogP contribution in [0.1, 0.15) is 25.7 Å². The second-order valence-electron chi connectivity index (χ2n) is 5.26. The van der Waals surface area contributed by atoms with Gasteiger partial charge in [-0.05, 0) is 12.8 Å². The minimum Gasteiger partial charge on any atom is -0.374 e. The van der Waals surface area contributed by atoms with E-state index in [2.05, 4.69) is 4.90 Å². The molecule has 2 aliphatic rings. The van der Waals surface area contributed by atoms with Gasteiger partial charge in [0.2, 0.25) is 5.91 Å². The molecule has 1 amide bonds. The fraction of sp³-hybridized carbons (Fsp3) is 0.923. The lowest BCUT2D eigenvalue weighted by molar-refractivity contribution is -0.134. The molecular weight excluding hydrogens is 266 g/mol. The normalized spacial score (nSPS) is 25.5. The number of amides is 1. The first-order chi connectivity index (χ1) is 8.79. The first kappa shape index (κ1) is 16.7. The first-order valence-corrected chi connectivity index (χ1v) is 7.11. The number of nitrogens with zero attached hydrogens (tertiary/aromatic N) is 2. The molecule has 2 rings (SSSR count). The maximum absolute atomic E-state index is 12.2. The van der Waals surface area contributed by atoms with Crippen LogP contribution in [0.4, 0.5) is 0 Å². The van der Waals surface area contributed by atoms with Gasteiger partial charge in [0.25, 0.3) is 0 Å². The van der Waals surface area contributed by atoms with E-state index in [1.54, 1.807) is 0 Å². The Bertz CT molecular complexity index is 271. The van der Waals surface area contributed by atoms with E-state index in [0.717, 1.165) is 39.0 Å². The number of halogens is 1. The van der Waals surface area contributed by atoms with Crippen molar-refractivity contribution in [1.29, 1.82) is 0 Å². The second kappa shape index (κ2) is 8.74. The maximum Gasteiger partial charge on any atom is 0.236 e. The lowest BCUT2D eigenvalue weighted by atomic mass is 10.2. The van der Waals surface area contributed by atoms with Gasteiger partial charge in [-0.1, -0.05) is 12.8 Å². The third-order valence-electron chi connectivity index (χ3n) is 3.80. The summed E-state index contributed by atoms with van der Waals surface area (Å²) < 4.78 is 5.51. The number of ether oxygens (including phenoxy) is 1. The molecule has 0 radical (unpaired) electrons. The van der Waals surface area contributed by atoms with Gasteiger partial charge in [0, 0.05) is 32.7 Å². The van der Waals surface area contributed by atoms with Crippen molar-refractivity contribution in [3.05, 3.63) is 0 Å². The molecule has 6 heteroatoms. The lowest BCUT2D eigenvalue weighted by Gasteiger charge is -2.33. The number of hydrogen-bond donors (Lipinski definition) is 1. The summed E-state index contributed by atoms with van der Waals surface area (Å²) in [5.41, 5.74) is 5.61. The average Bonchev–Trinajstić information content (AvgIpc) is 2.68. The van der Waals surface area contributed by atoms with Crippen LogP contribution < -0.4 is 5.73 Å². The first-order valence-electron chi connectivity index (χ1n) is 7.11. The minimum absolute atomic E-state index is 0. The molecule has 0 spiro atoms. The molecule has 0 aromatic rings. The number of hydrogen-bond acceptors (Lipinski definition) is 4. The van der Waals surface area contributed by atoms with E-state index in [4.69, 9.17) is 10.5 Å². The zero-order valence-corrected chi connectivity index (χ0v) is 12.4. The van der Waals surface area contributed by atoms with Crippen LogP contribution in [0.15, 0.2) is 0 Å². The molecule has 0 aromatic heterocycles. The topological polar surface area (TPSA) is 58.8 Å². The number of likely N-dealkylation sites (tertiary alicyclic amines) is 1. The minimum atomic E-state index is 0. The molecule has 19 heavy (non-hydrogen) atoms. The molecule has 5 nitrogen and oxygen atoms in total. The van der Waals surface area contributed by atoms with E-state index in [1.165, 1.54) is 12.8 Å². The summed E-state index contributed by atoms with van der Waals surface area (Å²) in [5.74, 6) is 0.273. The Balaban J connectivity index is 0.00000180. The van der Waals surface area contributed by atoms with Gasteiger partial charge in [0.15, 0.2) is 0 Å². The Morgan fingerprint density at radius 2 is 1.84 bits per heavy atom. The van der Waals surface area contributed by atoms with Crippen molar-refractivity contribution in [1.82, 2.24) is 9.80 Å². The van der Waals surface area contributed by atoms with Crippen molar-refractivity contribution in [2.24, 2.45) is 5.73 Å². The summed E-state index contributed by atoms with van der Waals surface area (Å²) >= 11 is 0. The fourth-order valence-corrected chi connectivity index (χ4v) is 2.68. The van der Waals surface area contributed by atoms with E-state index < -0.39 is 0 Å². The van der Waals surface area contributed by atoms with Gasteiger partial charge in [-0.2, -0.15) is 0 Å². The zero-order chi connectivity index (χ0) is 12.8. The highest BCUT2D eigenvalue weighted by molar-refractivity contribution is 5.85. The smallest absolute Gasteiger partial charge is 0.236 e. The van der Waals surface area contributed by atoms with Gasteiger partial charge in [0.05, 0.1) is 19.3 Å². The third-order valence-corrected chi connectivity index (χ3v) is 3.80. The molecule has 2 heterocycles. The van der Waals surface area contributed by atoms with Crippen molar-refractivity contribution in [2.75, 3.05) is 45.9 Å². The van der Waals surface area contributed by atoms with Crippen LogP contribution in [-0.4, -0.2) is 67.7 Å². The summed E-state index contributed by atoms with van der Waals surface area (Å²) in [6.45, 7) is 5.25. The monoisotopic (exact) mass is 291 g/mol. The Morgan fingerprint density at radius 1 is 1.16 bits per heavy atom. The standard InChI is InChI=1S/C13H25N3O2.ClH/c14-9-12-10-15(7-8-18-12)11-13(17)16-5-3-1-2-4-6-16;/h12H,1-11,14H2;1H. The van der Waals surface area contributed by atoms with Crippen molar-refractivity contribution in [3.8, 4) is 0 Å². The molecule has 0 aromatic carbocycles. The van der Waals surface area contributed by atoms with Gasteiger partial charge >= 0.3 is 0 Å². The van der Waals surface area contributed by atoms with Crippen molar-refractivity contribution < 1.29 is 9.53 Å². The molecule has 2 saturated heterocycles. The predicted molar refractivity (Wildman–Crippen MR) is 77.5 cm³/mol. The van der Waals surface area contributed by atoms with E-state index in [9.17, 15) is 4.79 Å². The van der Waals surface area contributed by atoms with Crippen LogP contribution in [0.3, 0.4) is 0 Å². The maximum atomic E-state index is 12.2. The molecule has 1 unspecified atom stereocenters. The third kappa shape index (κ3) is 5.26. The van der Waals surface area contributed by atoms with Gasteiger partial charge in [-0.25, -0.2) is 0 Å². The molecular formula is C13H26ClN3O2. The molecule has 0 bridgehead atoms. The second-order valence-corrected chi connectivity index (χ2v) is 5.26. The fourth-order valence-electron chi connectivity index (χ4n) is 2.68. The number of nitrogens with two attached hydrogens (primary N) is 1. The van der Waals surface area contributed by atoms with E-state index >= 15 is 0 Å². The number of carbonyl (C=O) groups excluding carboxylic acids is 1. The van der Waals surface area contributed by atoms with Crippen molar-refractivity contribution >= 4 is 18.3 Å². The number of rotatable bonds is 3.